The van der Waals surface area contributed by atoms with Gasteiger partial charge in [0.2, 0.25) is 0 Å². The van der Waals surface area contributed by atoms with E-state index in [1.165, 1.54) is 22.3 Å². The molecular formula is C22H23N3O. The van der Waals surface area contributed by atoms with Crippen LogP contribution in [-0.2, 0) is 13.0 Å². The Morgan fingerprint density at radius 1 is 1.08 bits per heavy atom. The summed E-state index contributed by atoms with van der Waals surface area (Å²) in [5, 5.41) is 7.48. The minimum Gasteiger partial charge on any atom is -0.352 e. The molecule has 0 fully saturated rings. The molecule has 0 aliphatic heterocycles. The third kappa shape index (κ3) is 3.15. The summed E-state index contributed by atoms with van der Waals surface area (Å²) >= 11 is 0. The summed E-state index contributed by atoms with van der Waals surface area (Å²) in [6.45, 7) is 5.52. The molecule has 0 unspecified atom stereocenters. The van der Waals surface area contributed by atoms with E-state index >= 15 is 0 Å². The maximum absolute atomic E-state index is 12.5. The first-order valence-corrected chi connectivity index (χ1v) is 9.12. The van der Waals surface area contributed by atoms with Gasteiger partial charge in [0.1, 0.15) is 0 Å². The lowest BCUT2D eigenvalue weighted by Gasteiger charge is -2.08. The maximum atomic E-state index is 12.5. The van der Waals surface area contributed by atoms with Gasteiger partial charge in [0.25, 0.3) is 5.91 Å². The van der Waals surface area contributed by atoms with Gasteiger partial charge in [0, 0.05) is 24.3 Å². The first-order chi connectivity index (χ1) is 12.6. The highest BCUT2D eigenvalue weighted by Gasteiger charge is 2.19. The van der Waals surface area contributed by atoms with Gasteiger partial charge < -0.3 is 5.32 Å². The van der Waals surface area contributed by atoms with Crippen molar-refractivity contribution in [3.05, 3.63) is 76.6 Å². The maximum Gasteiger partial charge on any atom is 0.251 e. The second-order valence-corrected chi connectivity index (χ2v) is 6.97. The second kappa shape index (κ2) is 6.79. The van der Waals surface area contributed by atoms with Crippen LogP contribution >= 0.6 is 0 Å². The number of benzene rings is 2. The number of nitrogens with zero attached hydrogens (tertiary/aromatic N) is 2. The van der Waals surface area contributed by atoms with Crippen LogP contribution in [0.25, 0.3) is 11.1 Å². The summed E-state index contributed by atoms with van der Waals surface area (Å²) in [7, 11) is 0. The Kier molecular flexibility index (Phi) is 4.33. The zero-order valence-electron chi connectivity index (χ0n) is 15.2. The smallest absolute Gasteiger partial charge is 0.251 e. The summed E-state index contributed by atoms with van der Waals surface area (Å²) in [4.78, 5) is 12.5. The van der Waals surface area contributed by atoms with Crippen molar-refractivity contribution < 1.29 is 4.79 Å². The van der Waals surface area contributed by atoms with Crippen molar-refractivity contribution in [1.82, 2.24) is 15.1 Å². The van der Waals surface area contributed by atoms with Gasteiger partial charge in [0.15, 0.2) is 0 Å². The Morgan fingerprint density at radius 2 is 1.88 bits per heavy atom. The van der Waals surface area contributed by atoms with E-state index in [2.05, 4.69) is 53.7 Å². The molecule has 2 aromatic carbocycles. The normalized spacial score (nSPS) is 11.9. The fourth-order valence-corrected chi connectivity index (χ4v) is 3.72. The van der Waals surface area contributed by atoms with Crippen LogP contribution in [0, 0.1) is 13.8 Å². The molecule has 1 amide bonds. The van der Waals surface area contributed by atoms with Crippen molar-refractivity contribution in [1.29, 1.82) is 0 Å². The summed E-state index contributed by atoms with van der Waals surface area (Å²) in [5.41, 5.74) is 8.05. The number of aryl methyl sites for hydroxylation is 3. The Bertz CT molecular complexity index is 971. The van der Waals surface area contributed by atoms with E-state index in [1.807, 2.05) is 23.7 Å². The Balaban J connectivity index is 1.36. The molecular weight excluding hydrogens is 322 g/mol. The molecule has 0 atom stereocenters. The fraction of sp³-hybridized carbons (Fsp3) is 0.273. The summed E-state index contributed by atoms with van der Waals surface area (Å²) in [6, 6.07) is 16.6. The van der Waals surface area contributed by atoms with Gasteiger partial charge in [0.05, 0.1) is 5.69 Å². The standard InChI is InChI=1S/C22H23N3O/c1-15-12-16(2)25(24-15)11-5-10-23-22(26)18-8-9-21-19(14-18)13-17-6-3-4-7-20(17)21/h3-4,6-9,12,14H,5,10-11,13H2,1-2H3,(H,23,26). The van der Waals surface area contributed by atoms with Crippen LogP contribution in [0.2, 0.25) is 0 Å². The third-order valence-corrected chi connectivity index (χ3v) is 4.99. The molecule has 4 nitrogen and oxygen atoms in total. The van der Waals surface area contributed by atoms with Crippen molar-refractivity contribution in [3.63, 3.8) is 0 Å². The first-order valence-electron chi connectivity index (χ1n) is 9.12. The quantitative estimate of drug-likeness (QED) is 0.558. The number of hydrogen-bond acceptors (Lipinski definition) is 2. The van der Waals surface area contributed by atoms with Crippen LogP contribution in [0.3, 0.4) is 0 Å². The van der Waals surface area contributed by atoms with Crippen molar-refractivity contribution in [2.45, 2.75) is 33.2 Å². The van der Waals surface area contributed by atoms with Gasteiger partial charge >= 0.3 is 0 Å². The lowest BCUT2D eigenvalue weighted by atomic mass is 10.0. The number of carbonyl (C=O) groups is 1. The van der Waals surface area contributed by atoms with Gasteiger partial charge in [-0.2, -0.15) is 5.10 Å². The van der Waals surface area contributed by atoms with Crippen molar-refractivity contribution in [2.24, 2.45) is 0 Å². The average molecular weight is 345 g/mol. The highest BCUT2D eigenvalue weighted by Crippen LogP contribution is 2.36. The third-order valence-electron chi connectivity index (χ3n) is 4.99. The topological polar surface area (TPSA) is 46.9 Å². The fourth-order valence-electron chi connectivity index (χ4n) is 3.72. The van der Waals surface area contributed by atoms with Gasteiger partial charge in [-0.1, -0.05) is 30.3 Å². The summed E-state index contributed by atoms with van der Waals surface area (Å²) in [6.07, 6.45) is 1.77. The van der Waals surface area contributed by atoms with E-state index in [4.69, 9.17) is 0 Å². The number of nitrogens with one attached hydrogen (secondary N) is 1. The number of carbonyl (C=O) groups excluding carboxylic acids is 1. The van der Waals surface area contributed by atoms with Crippen molar-refractivity contribution >= 4 is 5.91 Å². The Morgan fingerprint density at radius 3 is 2.69 bits per heavy atom. The first kappa shape index (κ1) is 16.6. The number of fused-ring (bicyclic) bond motifs is 3. The average Bonchev–Trinajstić information content (AvgIpc) is 3.16. The van der Waals surface area contributed by atoms with Crippen molar-refractivity contribution in [2.75, 3.05) is 6.54 Å². The Labute approximate surface area is 153 Å². The van der Waals surface area contributed by atoms with Crippen LogP contribution in [0.5, 0.6) is 0 Å². The largest absolute Gasteiger partial charge is 0.352 e. The minimum atomic E-state index is -0.00266. The van der Waals surface area contributed by atoms with Gasteiger partial charge in [-0.15, -0.1) is 0 Å². The van der Waals surface area contributed by atoms with E-state index in [-0.39, 0.29) is 5.91 Å². The molecule has 0 radical (unpaired) electrons. The second-order valence-electron chi connectivity index (χ2n) is 6.97. The summed E-state index contributed by atoms with van der Waals surface area (Å²) < 4.78 is 1.99. The molecule has 1 N–H and O–H groups in total. The van der Waals surface area contributed by atoms with Crippen LogP contribution < -0.4 is 5.32 Å². The van der Waals surface area contributed by atoms with E-state index in [1.54, 1.807) is 0 Å². The highest BCUT2D eigenvalue weighted by atomic mass is 16.1. The molecule has 4 heteroatoms. The van der Waals surface area contributed by atoms with Gasteiger partial charge in [-0.3, -0.25) is 9.48 Å². The van der Waals surface area contributed by atoms with E-state index in [9.17, 15) is 4.79 Å². The van der Waals surface area contributed by atoms with E-state index in [0.29, 0.717) is 6.54 Å². The van der Waals surface area contributed by atoms with E-state index in [0.717, 1.165) is 36.3 Å². The molecule has 0 saturated carbocycles. The van der Waals surface area contributed by atoms with Gasteiger partial charge in [-0.25, -0.2) is 0 Å². The van der Waals surface area contributed by atoms with Crippen LogP contribution in [0.4, 0.5) is 0 Å². The molecule has 1 aromatic heterocycles. The minimum absolute atomic E-state index is 0.00266. The molecule has 4 rings (SSSR count). The lowest BCUT2D eigenvalue weighted by Crippen LogP contribution is -2.25. The van der Waals surface area contributed by atoms with Crippen molar-refractivity contribution in [3.8, 4) is 11.1 Å². The van der Waals surface area contributed by atoms with E-state index < -0.39 is 0 Å². The molecule has 0 spiro atoms. The zero-order chi connectivity index (χ0) is 18.1. The van der Waals surface area contributed by atoms with Crippen LogP contribution in [0.1, 0.15) is 39.3 Å². The number of aromatic nitrogens is 2. The Hall–Kier alpha value is -2.88. The predicted molar refractivity (Wildman–Crippen MR) is 103 cm³/mol. The number of hydrogen-bond donors (Lipinski definition) is 1. The molecule has 1 aliphatic rings. The molecule has 3 aromatic rings. The summed E-state index contributed by atoms with van der Waals surface area (Å²) in [5.74, 6) is -0.00266. The molecule has 132 valence electrons. The SMILES string of the molecule is Cc1cc(C)n(CCCNC(=O)c2ccc3c(c2)Cc2ccccc2-3)n1. The molecule has 0 saturated heterocycles. The molecule has 0 bridgehead atoms. The molecule has 26 heavy (non-hydrogen) atoms. The zero-order valence-corrected chi connectivity index (χ0v) is 15.2. The predicted octanol–water partition coefficient (Wildman–Crippen LogP) is 3.89. The number of amides is 1. The highest BCUT2D eigenvalue weighted by molar-refractivity contribution is 5.95. The lowest BCUT2D eigenvalue weighted by molar-refractivity contribution is 0.0952. The molecule has 1 aliphatic carbocycles. The number of rotatable bonds is 5. The van der Waals surface area contributed by atoms with Crippen LogP contribution in [0.15, 0.2) is 48.5 Å². The monoisotopic (exact) mass is 345 g/mol. The van der Waals surface area contributed by atoms with Gasteiger partial charge in [-0.05, 0) is 67.1 Å². The van der Waals surface area contributed by atoms with Crippen LogP contribution in [-0.4, -0.2) is 22.2 Å². The molecule has 1 heterocycles.